The average molecular weight is 505 g/mol. The van der Waals surface area contributed by atoms with E-state index < -0.39 is 0 Å². The summed E-state index contributed by atoms with van der Waals surface area (Å²) in [6.45, 7) is 0. The maximum Gasteiger partial charge on any atom is 0 e. The number of rotatable bonds is 0. The Labute approximate surface area is 89.1 Å². The van der Waals surface area contributed by atoms with Gasteiger partial charge < -0.3 is 0 Å². The number of hydrogen-bond acceptors (Lipinski definition) is 0. The van der Waals surface area contributed by atoms with E-state index in [1.807, 2.05) is 0 Å². The van der Waals surface area contributed by atoms with Gasteiger partial charge in [0.05, 0.1) is 0 Å². The van der Waals surface area contributed by atoms with E-state index in [2.05, 4.69) is 0 Å². The van der Waals surface area contributed by atoms with Crippen LogP contribution in [0.15, 0.2) is 0 Å². The Hall–Kier alpha value is 2.66. The van der Waals surface area contributed by atoms with E-state index in [-0.39, 0.29) is 90.3 Å². The fourth-order valence-electron chi connectivity index (χ4n) is 0. The van der Waals surface area contributed by atoms with Crippen molar-refractivity contribution in [3.63, 3.8) is 0 Å². The van der Waals surface area contributed by atoms with Crippen molar-refractivity contribution in [2.24, 2.45) is 0 Å². The van der Waals surface area contributed by atoms with Gasteiger partial charge in [-0.3, -0.25) is 0 Å². The molecule has 0 fully saturated rings. The molecule has 0 aromatic rings. The zero-order chi connectivity index (χ0) is 0. The molecule has 37 valence electrons. The predicted octanol–water partition coefficient (Wildman–Crippen LogP) is 2.31. The minimum absolute atomic E-state index is 0. The van der Waals surface area contributed by atoms with Crippen molar-refractivity contribution < 1.29 is 22.4 Å². The zero-order valence-electron chi connectivity index (χ0n) is 2.08. The van der Waals surface area contributed by atoms with Crippen LogP contribution in [0.5, 0.6) is 0 Å². The van der Waals surface area contributed by atoms with Crippen LogP contribution in [0.4, 0.5) is 0 Å². The summed E-state index contributed by atoms with van der Waals surface area (Å²) in [7, 11) is 0. The first-order chi connectivity index (χ1) is 0. The molecule has 0 unspecified atom stereocenters. The minimum atomic E-state index is 0. The smallest absolute Gasteiger partial charge is 0 e. The van der Waals surface area contributed by atoms with Crippen molar-refractivity contribution >= 4 is 67.9 Å². The molecule has 5 heavy (non-hydrogen) atoms. The Morgan fingerprint density at radius 1 is 0.400 bits per heavy atom. The van der Waals surface area contributed by atoms with E-state index in [0.717, 1.165) is 0 Å². The van der Waals surface area contributed by atoms with Gasteiger partial charge in [0.1, 0.15) is 0 Å². The molecule has 0 aromatic heterocycles. The number of hydrogen-bond donors (Lipinski definition) is 0. The summed E-state index contributed by atoms with van der Waals surface area (Å²) in [6.07, 6.45) is 0. The molecule has 0 nitrogen and oxygen atoms in total. The Bertz CT molecular complexity index is 3.61. The van der Waals surface area contributed by atoms with Crippen LogP contribution in [-0.2, 0) is 22.4 Å². The largest absolute Gasteiger partial charge is 0.114 e. The molecule has 0 atom stereocenters. The van der Waals surface area contributed by atoms with Crippen molar-refractivity contribution in [3.8, 4) is 0 Å². The van der Waals surface area contributed by atoms with Gasteiger partial charge in [0.2, 0.25) is 0 Å². The van der Waals surface area contributed by atoms with Crippen LogP contribution in [0.1, 0.15) is 0 Å². The maximum atomic E-state index is 0. The summed E-state index contributed by atoms with van der Waals surface area (Å²) in [5, 5.41) is 0. The van der Waals surface area contributed by atoms with Crippen LogP contribution in [0, 0.1) is 0 Å². The van der Waals surface area contributed by atoms with E-state index in [1.165, 1.54) is 0 Å². The number of halogens is 4. The summed E-state index contributed by atoms with van der Waals surface area (Å²) >= 11 is 0. The van der Waals surface area contributed by atoms with E-state index in [0.29, 0.717) is 0 Å². The molecule has 0 heterocycles. The van der Waals surface area contributed by atoms with Gasteiger partial charge in [-0.15, -0.1) is 67.9 Å². The summed E-state index contributed by atoms with van der Waals surface area (Å²) in [4.78, 5) is 0. The van der Waals surface area contributed by atoms with Gasteiger partial charge >= 0.3 is 0 Å². The third kappa shape index (κ3) is 20.4. The quantitative estimate of drug-likeness (QED) is 0.475. The summed E-state index contributed by atoms with van der Waals surface area (Å²) in [6, 6.07) is 0. The molecule has 0 saturated heterocycles. The third-order valence-corrected chi connectivity index (χ3v) is 0. The molecule has 0 aliphatic rings. The van der Waals surface area contributed by atoms with Gasteiger partial charge in [-0.2, -0.15) is 0 Å². The van der Waals surface area contributed by atoms with Crippen LogP contribution in [0.2, 0.25) is 0 Å². The fourth-order valence-corrected chi connectivity index (χ4v) is 0. The fraction of sp³-hybridized carbons (Fsp3) is 0. The molecule has 0 aromatic carbocycles. The Morgan fingerprint density at radius 3 is 0.400 bits per heavy atom. The molecule has 0 saturated carbocycles. The molecule has 0 N–H and O–H groups in total. The van der Waals surface area contributed by atoms with Crippen LogP contribution >= 0.6 is 67.9 Å². The molecule has 0 aliphatic heterocycles. The predicted molar refractivity (Wildman–Crippen MR) is 41.3 cm³/mol. The SMILES string of the molecule is Br.Br.Br.Br.[Ta]. The summed E-state index contributed by atoms with van der Waals surface area (Å²) in [5.41, 5.74) is 0. The van der Waals surface area contributed by atoms with Crippen molar-refractivity contribution in [3.05, 3.63) is 0 Å². The molecular weight excluding hydrogens is 501 g/mol. The van der Waals surface area contributed by atoms with E-state index >= 15 is 0 Å². The second-order valence-electron chi connectivity index (χ2n) is 0. The Morgan fingerprint density at radius 2 is 0.400 bits per heavy atom. The second kappa shape index (κ2) is 30.2. The van der Waals surface area contributed by atoms with Crippen molar-refractivity contribution in [1.82, 2.24) is 0 Å². The normalized spacial score (nSPS) is 0. The van der Waals surface area contributed by atoms with Crippen LogP contribution in [-0.4, -0.2) is 0 Å². The standard InChI is InChI=1S/4BrH.Ta/h4*1H;. The average Bonchev–Trinajstić information content (AvgIpc) is 0. The minimum Gasteiger partial charge on any atom is -0.114 e. The van der Waals surface area contributed by atoms with Gasteiger partial charge in [0.15, 0.2) is 0 Å². The summed E-state index contributed by atoms with van der Waals surface area (Å²) in [5.74, 6) is 0. The Kier molecular flexibility index (Phi) is 290. The van der Waals surface area contributed by atoms with Crippen LogP contribution in [0.25, 0.3) is 0 Å². The monoisotopic (exact) mass is 501 g/mol. The molecule has 1 radical (unpaired) electrons. The molecular formula is H4Br4Ta. The van der Waals surface area contributed by atoms with E-state index in [9.17, 15) is 0 Å². The summed E-state index contributed by atoms with van der Waals surface area (Å²) < 4.78 is 0. The van der Waals surface area contributed by atoms with Crippen molar-refractivity contribution in [2.75, 3.05) is 0 Å². The van der Waals surface area contributed by atoms with Crippen LogP contribution < -0.4 is 0 Å². The second-order valence-corrected chi connectivity index (χ2v) is 0. The molecule has 5 heteroatoms. The van der Waals surface area contributed by atoms with Gasteiger partial charge in [-0.1, -0.05) is 0 Å². The van der Waals surface area contributed by atoms with Crippen molar-refractivity contribution in [1.29, 1.82) is 0 Å². The third-order valence-electron chi connectivity index (χ3n) is 0. The molecule has 0 amide bonds. The molecule has 0 rings (SSSR count). The first kappa shape index (κ1) is 48.0. The topological polar surface area (TPSA) is 0 Å². The van der Waals surface area contributed by atoms with Gasteiger partial charge in [0.25, 0.3) is 0 Å². The van der Waals surface area contributed by atoms with Gasteiger partial charge in [-0.05, 0) is 0 Å². The van der Waals surface area contributed by atoms with Gasteiger partial charge in [-0.25, -0.2) is 0 Å². The van der Waals surface area contributed by atoms with Gasteiger partial charge in [0, 0.05) is 22.4 Å². The van der Waals surface area contributed by atoms with E-state index in [1.54, 1.807) is 0 Å². The first-order valence-electron chi connectivity index (χ1n) is 0. The molecule has 0 bridgehead atoms. The first-order valence-corrected chi connectivity index (χ1v) is 0. The van der Waals surface area contributed by atoms with Crippen LogP contribution in [0.3, 0.4) is 0 Å². The molecule has 0 spiro atoms. The van der Waals surface area contributed by atoms with E-state index in [4.69, 9.17) is 0 Å². The zero-order valence-corrected chi connectivity index (χ0v) is 12.1. The van der Waals surface area contributed by atoms with Crippen molar-refractivity contribution in [2.45, 2.75) is 0 Å². The maximum absolute atomic E-state index is 0. The molecule has 0 aliphatic carbocycles. The Balaban J connectivity index is 0.